The first-order valence-electron chi connectivity index (χ1n) is 10.8. The molecule has 1 aliphatic carbocycles. The highest BCUT2D eigenvalue weighted by Crippen LogP contribution is 2.32. The minimum absolute atomic E-state index is 0.00873. The number of aliphatic hydroxyl groups excluding tert-OH is 1. The summed E-state index contributed by atoms with van der Waals surface area (Å²) in [5.41, 5.74) is 1.27. The van der Waals surface area contributed by atoms with Crippen LogP contribution in [0.15, 0.2) is 36.0 Å². The Morgan fingerprint density at radius 1 is 1.15 bits per heavy atom. The van der Waals surface area contributed by atoms with Gasteiger partial charge in [0.2, 0.25) is 0 Å². The summed E-state index contributed by atoms with van der Waals surface area (Å²) in [6.45, 7) is 0. The molecule has 0 saturated heterocycles. The minimum atomic E-state index is -0.853. The van der Waals surface area contributed by atoms with E-state index < -0.39 is 23.7 Å². The summed E-state index contributed by atoms with van der Waals surface area (Å²) in [5.74, 6) is -2.31. The number of rotatable bonds is 6. The van der Waals surface area contributed by atoms with Gasteiger partial charge in [0.1, 0.15) is 23.4 Å². The number of aromatic amines is 1. The number of halogens is 4. The third-order valence-electron chi connectivity index (χ3n) is 5.99. The number of hydrogen-bond acceptors (Lipinski definition) is 6. The molecule has 1 fully saturated rings. The second-order valence-corrected chi connectivity index (χ2v) is 9.90. The van der Waals surface area contributed by atoms with Gasteiger partial charge in [-0.05, 0) is 43.2 Å². The van der Waals surface area contributed by atoms with Crippen molar-refractivity contribution in [1.82, 2.24) is 20.3 Å². The van der Waals surface area contributed by atoms with E-state index in [0.717, 1.165) is 31.5 Å². The molecule has 5 rings (SSSR count). The molecule has 11 heteroatoms. The van der Waals surface area contributed by atoms with Crippen molar-refractivity contribution in [1.29, 1.82) is 0 Å². The Bertz CT molecular complexity index is 1330. The van der Waals surface area contributed by atoms with Gasteiger partial charge in [-0.3, -0.25) is 5.32 Å². The largest absolute Gasteiger partial charge is 0.374 e. The van der Waals surface area contributed by atoms with Gasteiger partial charge in [-0.15, -0.1) is 11.3 Å². The predicted octanol–water partition coefficient (Wildman–Crippen LogP) is 5.76. The van der Waals surface area contributed by atoms with Crippen LogP contribution in [0.5, 0.6) is 0 Å². The quantitative estimate of drug-likeness (QED) is 0.249. The Morgan fingerprint density at radius 3 is 2.76 bits per heavy atom. The van der Waals surface area contributed by atoms with Crippen LogP contribution < -0.4 is 10.6 Å². The lowest BCUT2D eigenvalue weighted by Gasteiger charge is -2.32. The number of thiophene rings is 1. The Morgan fingerprint density at radius 2 is 1.97 bits per heavy atom. The fraction of sp³-hybridized carbons (Fsp3) is 0.304. The lowest BCUT2D eigenvalue weighted by atomic mass is 9.90. The zero-order chi connectivity index (χ0) is 23.8. The topological polar surface area (TPSA) is 85.9 Å². The average molecular weight is 508 g/mol. The number of aliphatic hydroxyl groups is 1. The smallest absolute Gasteiger partial charge is 0.168 e. The second kappa shape index (κ2) is 9.53. The van der Waals surface area contributed by atoms with E-state index in [-0.39, 0.29) is 23.6 Å². The van der Waals surface area contributed by atoms with Gasteiger partial charge in [0.25, 0.3) is 0 Å². The van der Waals surface area contributed by atoms with Gasteiger partial charge < -0.3 is 15.4 Å². The monoisotopic (exact) mass is 507 g/mol. The summed E-state index contributed by atoms with van der Waals surface area (Å²) >= 11 is 7.30. The Kier molecular flexibility index (Phi) is 6.48. The van der Waals surface area contributed by atoms with Crippen LogP contribution in [-0.4, -0.2) is 32.1 Å². The standard InChI is InChI=1S/C23H21ClF3N5OS/c24-19-4-11(10-34-19)23(33)31-14-3-1-2-13(6-14)30-22-18(27)7-17(26)20(32-22)16-9-29-21-15(16)5-12(25)8-28-21/h4-5,7-10,13-14,23,31,33H,1-3,6H2,(H,28,29)(H,30,32). The maximum Gasteiger partial charge on any atom is 0.168 e. The third-order valence-corrected chi connectivity index (χ3v) is 7.10. The van der Waals surface area contributed by atoms with E-state index in [1.54, 1.807) is 11.4 Å². The summed E-state index contributed by atoms with van der Waals surface area (Å²) in [4.78, 5) is 11.0. The number of nitrogens with one attached hydrogen (secondary N) is 3. The lowest BCUT2D eigenvalue weighted by molar-refractivity contribution is 0.113. The molecule has 0 spiro atoms. The molecule has 6 nitrogen and oxygen atoms in total. The van der Waals surface area contributed by atoms with Crippen molar-refractivity contribution in [2.45, 2.75) is 44.0 Å². The molecule has 0 radical (unpaired) electrons. The van der Waals surface area contributed by atoms with E-state index in [1.165, 1.54) is 23.6 Å². The molecule has 4 aromatic rings. The van der Waals surface area contributed by atoms with Crippen molar-refractivity contribution < 1.29 is 18.3 Å². The van der Waals surface area contributed by atoms with Crippen molar-refractivity contribution in [2.75, 3.05) is 5.32 Å². The van der Waals surface area contributed by atoms with Crippen LogP contribution in [0.25, 0.3) is 22.3 Å². The summed E-state index contributed by atoms with van der Waals surface area (Å²) in [6.07, 6.45) is 4.78. The van der Waals surface area contributed by atoms with Crippen LogP contribution in [0, 0.1) is 17.5 Å². The number of anilines is 1. The molecule has 1 aliphatic rings. The Labute approximate surface area is 202 Å². The van der Waals surface area contributed by atoms with Gasteiger partial charge in [0.05, 0.1) is 10.5 Å². The van der Waals surface area contributed by atoms with E-state index >= 15 is 0 Å². The highest BCUT2D eigenvalue weighted by atomic mass is 35.5. The van der Waals surface area contributed by atoms with Gasteiger partial charge in [-0.2, -0.15) is 0 Å². The van der Waals surface area contributed by atoms with Crippen LogP contribution in [0.4, 0.5) is 19.0 Å². The second-order valence-electron chi connectivity index (χ2n) is 8.36. The van der Waals surface area contributed by atoms with Crippen LogP contribution >= 0.6 is 22.9 Å². The molecule has 0 amide bonds. The van der Waals surface area contributed by atoms with Gasteiger partial charge in [0, 0.05) is 40.9 Å². The number of hydrogen-bond donors (Lipinski definition) is 4. The molecule has 178 valence electrons. The van der Waals surface area contributed by atoms with E-state index in [9.17, 15) is 18.3 Å². The molecule has 0 aliphatic heterocycles. The van der Waals surface area contributed by atoms with E-state index in [2.05, 4.69) is 25.6 Å². The highest BCUT2D eigenvalue weighted by Gasteiger charge is 2.26. The van der Waals surface area contributed by atoms with Crippen molar-refractivity contribution in [3.05, 3.63) is 63.3 Å². The molecule has 3 unspecified atom stereocenters. The van der Waals surface area contributed by atoms with Crippen molar-refractivity contribution in [3.63, 3.8) is 0 Å². The fourth-order valence-electron chi connectivity index (χ4n) is 4.38. The highest BCUT2D eigenvalue weighted by molar-refractivity contribution is 7.14. The molecule has 34 heavy (non-hydrogen) atoms. The first-order chi connectivity index (χ1) is 16.4. The third kappa shape index (κ3) is 4.76. The van der Waals surface area contributed by atoms with E-state index in [0.29, 0.717) is 32.9 Å². The summed E-state index contributed by atoms with van der Waals surface area (Å²) in [5, 5.41) is 18.9. The zero-order valence-electron chi connectivity index (χ0n) is 17.8. The molecule has 0 aromatic carbocycles. The fourth-order valence-corrected chi connectivity index (χ4v) is 5.29. The molecular formula is C23H21ClF3N5OS. The number of aromatic nitrogens is 3. The van der Waals surface area contributed by atoms with E-state index in [4.69, 9.17) is 11.6 Å². The van der Waals surface area contributed by atoms with Crippen LogP contribution in [0.3, 0.4) is 0 Å². The SMILES string of the molecule is OC(NC1CCCC(Nc2nc(-c3c[nH]c4ncc(F)cc34)c(F)cc2F)C1)c1csc(Cl)c1. The molecule has 4 aromatic heterocycles. The molecule has 3 atom stereocenters. The first kappa shape index (κ1) is 23.1. The zero-order valence-corrected chi connectivity index (χ0v) is 19.4. The van der Waals surface area contributed by atoms with Crippen molar-refractivity contribution >= 4 is 39.8 Å². The van der Waals surface area contributed by atoms with Gasteiger partial charge in [-0.25, -0.2) is 23.1 Å². The van der Waals surface area contributed by atoms with Gasteiger partial charge >= 0.3 is 0 Å². The lowest BCUT2D eigenvalue weighted by Crippen LogP contribution is -2.40. The molecular weight excluding hydrogens is 487 g/mol. The van der Waals surface area contributed by atoms with Crippen LogP contribution in [-0.2, 0) is 0 Å². The maximum absolute atomic E-state index is 14.7. The van der Waals surface area contributed by atoms with Gasteiger partial charge in [-0.1, -0.05) is 11.6 Å². The molecule has 4 N–H and O–H groups in total. The van der Waals surface area contributed by atoms with Crippen LogP contribution in [0.1, 0.15) is 37.5 Å². The van der Waals surface area contributed by atoms with Crippen molar-refractivity contribution in [2.24, 2.45) is 0 Å². The average Bonchev–Trinajstić information content (AvgIpc) is 3.42. The molecule has 4 heterocycles. The normalized spacial score (nSPS) is 19.4. The summed E-state index contributed by atoms with van der Waals surface area (Å²) < 4.78 is 43.6. The molecule has 1 saturated carbocycles. The summed E-state index contributed by atoms with van der Waals surface area (Å²) in [6, 6.07) is 3.58. The summed E-state index contributed by atoms with van der Waals surface area (Å²) in [7, 11) is 0. The number of pyridine rings is 2. The predicted molar refractivity (Wildman–Crippen MR) is 126 cm³/mol. The first-order valence-corrected chi connectivity index (χ1v) is 12.1. The van der Waals surface area contributed by atoms with Crippen molar-refractivity contribution in [3.8, 4) is 11.3 Å². The van der Waals surface area contributed by atoms with Crippen LogP contribution in [0.2, 0.25) is 4.34 Å². The van der Waals surface area contributed by atoms with Gasteiger partial charge in [0.15, 0.2) is 17.5 Å². The number of H-pyrrole nitrogens is 1. The number of fused-ring (bicyclic) bond motifs is 1. The van der Waals surface area contributed by atoms with E-state index in [1.807, 2.05) is 0 Å². The minimum Gasteiger partial charge on any atom is -0.374 e. The Hall–Kier alpha value is -2.66. The molecule has 0 bridgehead atoms. The number of nitrogens with zero attached hydrogens (tertiary/aromatic N) is 2. The Balaban J connectivity index is 1.34. The maximum atomic E-state index is 14.7.